The van der Waals surface area contributed by atoms with Crippen LogP contribution in [0.15, 0.2) is 18.2 Å². The van der Waals surface area contributed by atoms with E-state index in [1.807, 2.05) is 25.1 Å². The molecular formula is C12H15N3O2. The Hall–Kier alpha value is -2.04. The molecule has 0 aliphatic rings. The number of nitrogens with one attached hydrogen (secondary N) is 1. The smallest absolute Gasteiger partial charge is 0.338 e. The van der Waals surface area contributed by atoms with Crippen molar-refractivity contribution in [3.8, 4) is 0 Å². The molecule has 1 aromatic heterocycles. The third kappa shape index (κ3) is 2.22. The Morgan fingerprint density at radius 2 is 2.24 bits per heavy atom. The number of rotatable bonds is 3. The van der Waals surface area contributed by atoms with Crippen LogP contribution in [0.25, 0.3) is 11.0 Å². The first-order valence-corrected chi connectivity index (χ1v) is 5.46. The van der Waals surface area contributed by atoms with Crippen LogP contribution in [0.5, 0.6) is 0 Å². The molecule has 1 aromatic carbocycles. The third-order valence-electron chi connectivity index (χ3n) is 2.40. The molecule has 0 unspecified atom stereocenters. The van der Waals surface area contributed by atoms with E-state index in [0.29, 0.717) is 12.2 Å². The predicted octanol–water partition coefficient (Wildman–Crippen LogP) is 1.81. The first kappa shape index (κ1) is 11.4. The molecule has 0 amide bonds. The second-order valence-corrected chi connectivity index (χ2v) is 3.91. The standard InChI is InChI=1S/C12H15N3O2/c1-4-17-11(16)8-5-6-9-10(7-8)14-12(13-9)15(2)3/h5-7H,4H2,1-3H3,(H,13,14). The molecule has 1 heterocycles. The first-order valence-electron chi connectivity index (χ1n) is 5.46. The van der Waals surface area contributed by atoms with E-state index in [-0.39, 0.29) is 5.97 Å². The van der Waals surface area contributed by atoms with E-state index in [0.717, 1.165) is 17.0 Å². The number of benzene rings is 1. The highest BCUT2D eigenvalue weighted by atomic mass is 16.5. The van der Waals surface area contributed by atoms with Crippen molar-refractivity contribution < 1.29 is 9.53 Å². The molecule has 0 saturated heterocycles. The van der Waals surface area contributed by atoms with E-state index in [4.69, 9.17) is 4.74 Å². The number of anilines is 1. The number of fused-ring (bicyclic) bond motifs is 1. The normalized spacial score (nSPS) is 10.5. The second-order valence-electron chi connectivity index (χ2n) is 3.91. The van der Waals surface area contributed by atoms with Crippen molar-refractivity contribution in [1.82, 2.24) is 9.97 Å². The highest BCUT2D eigenvalue weighted by Gasteiger charge is 2.10. The molecule has 0 fully saturated rings. The molecule has 90 valence electrons. The van der Waals surface area contributed by atoms with Crippen LogP contribution in [0.2, 0.25) is 0 Å². The van der Waals surface area contributed by atoms with Crippen molar-refractivity contribution in [1.29, 1.82) is 0 Å². The Morgan fingerprint density at radius 3 is 2.88 bits per heavy atom. The number of hydrogen-bond acceptors (Lipinski definition) is 4. The highest BCUT2D eigenvalue weighted by Crippen LogP contribution is 2.17. The Balaban J connectivity index is 2.40. The van der Waals surface area contributed by atoms with Gasteiger partial charge < -0.3 is 14.6 Å². The zero-order chi connectivity index (χ0) is 12.4. The van der Waals surface area contributed by atoms with Gasteiger partial charge in [0.25, 0.3) is 0 Å². The summed E-state index contributed by atoms with van der Waals surface area (Å²) >= 11 is 0. The zero-order valence-corrected chi connectivity index (χ0v) is 10.2. The molecule has 1 N–H and O–H groups in total. The van der Waals surface area contributed by atoms with Crippen molar-refractivity contribution in [2.75, 3.05) is 25.6 Å². The van der Waals surface area contributed by atoms with Gasteiger partial charge in [-0.2, -0.15) is 0 Å². The number of imidazole rings is 1. The molecule has 5 nitrogen and oxygen atoms in total. The Bertz CT molecular complexity index is 546. The van der Waals surface area contributed by atoms with Gasteiger partial charge in [0.05, 0.1) is 23.2 Å². The van der Waals surface area contributed by atoms with Crippen LogP contribution in [-0.2, 0) is 4.74 Å². The summed E-state index contributed by atoms with van der Waals surface area (Å²) in [7, 11) is 3.81. The van der Waals surface area contributed by atoms with Gasteiger partial charge in [0, 0.05) is 14.1 Å². The minimum Gasteiger partial charge on any atom is -0.462 e. The number of aromatic nitrogens is 2. The van der Waals surface area contributed by atoms with Crippen LogP contribution in [0, 0.1) is 0 Å². The largest absolute Gasteiger partial charge is 0.462 e. The molecule has 0 bridgehead atoms. The van der Waals surface area contributed by atoms with Gasteiger partial charge in [0.15, 0.2) is 0 Å². The number of nitrogens with zero attached hydrogens (tertiary/aromatic N) is 2. The van der Waals surface area contributed by atoms with E-state index in [9.17, 15) is 4.79 Å². The second kappa shape index (κ2) is 4.45. The Morgan fingerprint density at radius 1 is 1.47 bits per heavy atom. The fraction of sp³-hybridized carbons (Fsp3) is 0.333. The average Bonchev–Trinajstić information content (AvgIpc) is 2.71. The molecule has 2 aromatic rings. The van der Waals surface area contributed by atoms with E-state index in [1.54, 1.807) is 19.1 Å². The maximum absolute atomic E-state index is 11.6. The van der Waals surface area contributed by atoms with Crippen molar-refractivity contribution in [2.45, 2.75) is 6.92 Å². The molecule has 0 radical (unpaired) electrons. The molecule has 2 rings (SSSR count). The van der Waals surface area contributed by atoms with Crippen molar-refractivity contribution in [2.24, 2.45) is 0 Å². The Kier molecular flexibility index (Phi) is 2.99. The lowest BCUT2D eigenvalue weighted by Gasteiger charge is -2.05. The molecule has 0 saturated carbocycles. The number of carbonyl (C=O) groups is 1. The SMILES string of the molecule is CCOC(=O)c1ccc2nc(N(C)C)[nH]c2c1. The van der Waals surface area contributed by atoms with Crippen LogP contribution in [0.4, 0.5) is 5.95 Å². The molecule has 5 heteroatoms. The quantitative estimate of drug-likeness (QED) is 0.821. The van der Waals surface area contributed by atoms with Crippen LogP contribution in [-0.4, -0.2) is 36.6 Å². The predicted molar refractivity (Wildman–Crippen MR) is 66.4 cm³/mol. The summed E-state index contributed by atoms with van der Waals surface area (Å²) in [6, 6.07) is 5.29. The van der Waals surface area contributed by atoms with Gasteiger partial charge in [0.1, 0.15) is 0 Å². The summed E-state index contributed by atoms with van der Waals surface area (Å²) in [4.78, 5) is 21.0. The number of esters is 1. The lowest BCUT2D eigenvalue weighted by Crippen LogP contribution is -2.09. The number of ether oxygens (including phenoxy) is 1. The van der Waals surface area contributed by atoms with Crippen LogP contribution in [0.3, 0.4) is 0 Å². The lowest BCUT2D eigenvalue weighted by molar-refractivity contribution is 0.0526. The minimum atomic E-state index is -0.310. The monoisotopic (exact) mass is 233 g/mol. The van der Waals surface area contributed by atoms with Crippen LogP contribution >= 0.6 is 0 Å². The fourth-order valence-electron chi connectivity index (χ4n) is 1.55. The molecule has 0 aliphatic heterocycles. The van der Waals surface area contributed by atoms with E-state index >= 15 is 0 Å². The fourth-order valence-corrected chi connectivity index (χ4v) is 1.55. The van der Waals surface area contributed by atoms with E-state index < -0.39 is 0 Å². The summed E-state index contributed by atoms with van der Waals surface area (Å²) in [6.07, 6.45) is 0. The minimum absolute atomic E-state index is 0.310. The summed E-state index contributed by atoms with van der Waals surface area (Å²) in [5.74, 6) is 0.455. The van der Waals surface area contributed by atoms with Crippen molar-refractivity contribution in [3.63, 3.8) is 0 Å². The maximum atomic E-state index is 11.6. The molecule has 17 heavy (non-hydrogen) atoms. The highest BCUT2D eigenvalue weighted by molar-refractivity contribution is 5.94. The van der Waals surface area contributed by atoms with Crippen LogP contribution in [0.1, 0.15) is 17.3 Å². The van der Waals surface area contributed by atoms with E-state index in [2.05, 4.69) is 9.97 Å². The summed E-state index contributed by atoms with van der Waals surface area (Å²) in [5.41, 5.74) is 2.20. The van der Waals surface area contributed by atoms with Gasteiger partial charge in [-0.15, -0.1) is 0 Å². The maximum Gasteiger partial charge on any atom is 0.338 e. The van der Waals surface area contributed by atoms with Crippen molar-refractivity contribution in [3.05, 3.63) is 23.8 Å². The lowest BCUT2D eigenvalue weighted by atomic mass is 10.2. The topological polar surface area (TPSA) is 58.2 Å². The van der Waals surface area contributed by atoms with Gasteiger partial charge in [-0.05, 0) is 25.1 Å². The van der Waals surface area contributed by atoms with Gasteiger partial charge in [-0.1, -0.05) is 0 Å². The molecule has 0 spiro atoms. The molecule has 0 atom stereocenters. The number of H-pyrrole nitrogens is 1. The number of carbonyl (C=O) groups excluding carboxylic acids is 1. The van der Waals surface area contributed by atoms with E-state index in [1.165, 1.54) is 0 Å². The Labute approximate surface area is 99.4 Å². The van der Waals surface area contributed by atoms with Crippen LogP contribution < -0.4 is 4.90 Å². The zero-order valence-electron chi connectivity index (χ0n) is 10.2. The number of hydrogen-bond donors (Lipinski definition) is 1. The summed E-state index contributed by atoms with van der Waals surface area (Å²) in [6.45, 7) is 2.17. The van der Waals surface area contributed by atoms with Gasteiger partial charge in [-0.25, -0.2) is 9.78 Å². The number of aromatic amines is 1. The summed E-state index contributed by atoms with van der Waals surface area (Å²) in [5, 5.41) is 0. The molecular weight excluding hydrogens is 218 g/mol. The average molecular weight is 233 g/mol. The van der Waals surface area contributed by atoms with Gasteiger partial charge in [-0.3, -0.25) is 0 Å². The van der Waals surface area contributed by atoms with Gasteiger partial charge >= 0.3 is 5.97 Å². The first-order chi connectivity index (χ1) is 8.11. The summed E-state index contributed by atoms with van der Waals surface area (Å²) < 4.78 is 4.95. The third-order valence-corrected chi connectivity index (χ3v) is 2.40. The van der Waals surface area contributed by atoms with Crippen molar-refractivity contribution >= 4 is 23.0 Å². The van der Waals surface area contributed by atoms with Gasteiger partial charge in [0.2, 0.25) is 5.95 Å². The molecule has 0 aliphatic carbocycles.